The minimum atomic E-state index is -0.794. The Morgan fingerprint density at radius 1 is 0.387 bits per heavy atom. The number of aliphatic hydroxyl groups excluding tert-OH is 1. The molecule has 356 valence electrons. The van der Waals surface area contributed by atoms with Gasteiger partial charge in [-0.1, -0.05) is 247 Å². The fraction of sp³-hybridized carbons (Fsp3) is 0.719. The van der Waals surface area contributed by atoms with Gasteiger partial charge in [-0.25, -0.2) is 0 Å². The van der Waals surface area contributed by atoms with Crippen molar-refractivity contribution in [2.75, 3.05) is 13.2 Å². The molecule has 0 aromatic carbocycles. The summed E-state index contributed by atoms with van der Waals surface area (Å²) in [6, 6.07) is 0. The minimum Gasteiger partial charge on any atom is -0.462 e. The molecule has 0 saturated heterocycles. The first-order valence-electron chi connectivity index (χ1n) is 26.1. The van der Waals surface area contributed by atoms with Crippen LogP contribution in [0.3, 0.4) is 0 Å². The molecule has 0 aromatic heterocycles. The zero-order valence-corrected chi connectivity index (χ0v) is 40.6. The molecule has 0 aromatic rings. The number of allylic oxidation sites excluding steroid dienone is 14. The molecule has 0 spiro atoms. The Morgan fingerprint density at radius 2 is 0.694 bits per heavy atom. The maximum absolute atomic E-state index is 12.3. The van der Waals surface area contributed by atoms with Gasteiger partial charge in [-0.05, 0) is 70.6 Å². The van der Waals surface area contributed by atoms with Crippen molar-refractivity contribution in [3.8, 4) is 0 Å². The number of unbranched alkanes of at least 4 members (excludes halogenated alkanes) is 25. The van der Waals surface area contributed by atoms with Crippen molar-refractivity contribution in [1.82, 2.24) is 0 Å². The highest BCUT2D eigenvalue weighted by Gasteiger charge is 2.16. The maximum Gasteiger partial charge on any atom is 0.306 e. The quantitative estimate of drug-likeness (QED) is 0.0375. The smallest absolute Gasteiger partial charge is 0.306 e. The standard InChI is InChI=1S/C57H98O5/c1-3-5-7-9-11-13-15-17-19-21-23-25-27-28-30-32-34-36-38-40-42-44-46-48-50-52-57(60)62-55(53-58)54-61-56(59)51-49-47-45-43-41-39-37-35-33-31-29-26-24-22-20-18-16-14-12-10-8-6-4-2/h5,7,11,13,17,19,23,25,28,30,34,36,40,42,55,58H,3-4,6,8-10,12,14-16,18,20-22,24,26-27,29,31-33,35,37-39,41,43-54H2,1-2H3/b7-5-,13-11-,19-17-,25-23-,30-28-,36-34-,42-40-. The third-order valence-electron chi connectivity index (χ3n) is 11.2. The van der Waals surface area contributed by atoms with E-state index in [-0.39, 0.29) is 25.2 Å². The van der Waals surface area contributed by atoms with Gasteiger partial charge in [0.05, 0.1) is 6.61 Å². The number of hydrogen-bond acceptors (Lipinski definition) is 5. The van der Waals surface area contributed by atoms with E-state index in [1.165, 1.54) is 128 Å². The van der Waals surface area contributed by atoms with Crippen molar-refractivity contribution >= 4 is 11.9 Å². The van der Waals surface area contributed by atoms with Crippen LogP contribution in [0.5, 0.6) is 0 Å². The zero-order chi connectivity index (χ0) is 44.9. The highest BCUT2D eigenvalue weighted by atomic mass is 16.6. The van der Waals surface area contributed by atoms with E-state index >= 15 is 0 Å². The largest absolute Gasteiger partial charge is 0.462 e. The Hall–Kier alpha value is -2.92. The van der Waals surface area contributed by atoms with Gasteiger partial charge in [0.1, 0.15) is 6.61 Å². The van der Waals surface area contributed by atoms with Gasteiger partial charge in [0, 0.05) is 12.8 Å². The molecule has 0 aliphatic carbocycles. The Bertz CT molecular complexity index is 1160. The van der Waals surface area contributed by atoms with Gasteiger partial charge in [0.15, 0.2) is 6.10 Å². The fourth-order valence-corrected chi connectivity index (χ4v) is 7.30. The number of esters is 2. The highest BCUT2D eigenvalue weighted by molar-refractivity contribution is 5.70. The van der Waals surface area contributed by atoms with Crippen LogP contribution >= 0.6 is 0 Å². The number of hydrogen-bond donors (Lipinski definition) is 1. The van der Waals surface area contributed by atoms with Crippen molar-refractivity contribution in [3.63, 3.8) is 0 Å². The van der Waals surface area contributed by atoms with Gasteiger partial charge in [-0.3, -0.25) is 9.59 Å². The van der Waals surface area contributed by atoms with E-state index in [4.69, 9.17) is 9.47 Å². The summed E-state index contributed by atoms with van der Waals surface area (Å²) in [5.74, 6) is -0.625. The van der Waals surface area contributed by atoms with Crippen LogP contribution in [0.1, 0.15) is 245 Å². The van der Waals surface area contributed by atoms with Crippen LogP contribution < -0.4 is 0 Å². The normalized spacial score (nSPS) is 12.9. The summed E-state index contributed by atoms with van der Waals surface area (Å²) in [4.78, 5) is 24.5. The van der Waals surface area contributed by atoms with E-state index in [2.05, 4.69) is 98.9 Å². The summed E-state index contributed by atoms with van der Waals surface area (Å²) in [5, 5.41) is 9.63. The molecule has 0 heterocycles. The van der Waals surface area contributed by atoms with E-state index < -0.39 is 6.10 Å². The third kappa shape index (κ3) is 49.7. The maximum atomic E-state index is 12.3. The molecule has 0 fully saturated rings. The van der Waals surface area contributed by atoms with Crippen molar-refractivity contribution in [1.29, 1.82) is 0 Å². The lowest BCUT2D eigenvalue weighted by atomic mass is 10.0. The predicted octanol–water partition coefficient (Wildman–Crippen LogP) is 17.4. The van der Waals surface area contributed by atoms with E-state index in [0.29, 0.717) is 12.8 Å². The number of rotatable bonds is 47. The molecule has 62 heavy (non-hydrogen) atoms. The summed E-state index contributed by atoms with van der Waals surface area (Å²) in [6.07, 6.45) is 72.5. The van der Waals surface area contributed by atoms with Gasteiger partial charge < -0.3 is 14.6 Å². The third-order valence-corrected chi connectivity index (χ3v) is 11.2. The fourth-order valence-electron chi connectivity index (χ4n) is 7.30. The molecule has 5 heteroatoms. The first kappa shape index (κ1) is 59.1. The molecule has 0 aliphatic rings. The molecule has 0 aliphatic heterocycles. The minimum absolute atomic E-state index is 0.0814. The van der Waals surface area contributed by atoms with Crippen LogP contribution in [0.15, 0.2) is 85.1 Å². The Balaban J connectivity index is 3.58. The second kappa shape index (κ2) is 52.4. The van der Waals surface area contributed by atoms with Crippen LogP contribution in [0, 0.1) is 0 Å². The SMILES string of the molecule is CC/C=C\C/C=C\C/C=C\C/C=C\C/C=C\C/C=C\C/C=C\CCCCCC(=O)OC(CO)COC(=O)CCCCCCCCCCCCCCCCCCCCCCCCC. The molecule has 1 N–H and O–H groups in total. The summed E-state index contributed by atoms with van der Waals surface area (Å²) in [6.45, 7) is 4.02. The molecular formula is C57H98O5. The van der Waals surface area contributed by atoms with Gasteiger partial charge in [0.25, 0.3) is 0 Å². The predicted molar refractivity (Wildman–Crippen MR) is 269 cm³/mol. The second-order valence-electron chi connectivity index (χ2n) is 17.2. The first-order chi connectivity index (χ1) is 30.6. The molecule has 0 amide bonds. The average molecular weight is 863 g/mol. The molecule has 1 atom stereocenters. The number of ether oxygens (including phenoxy) is 2. The lowest BCUT2D eigenvalue weighted by Crippen LogP contribution is -2.28. The average Bonchev–Trinajstić information content (AvgIpc) is 3.28. The topological polar surface area (TPSA) is 72.8 Å². The zero-order valence-electron chi connectivity index (χ0n) is 40.6. The van der Waals surface area contributed by atoms with Crippen molar-refractivity contribution in [2.45, 2.75) is 251 Å². The Kier molecular flexibility index (Phi) is 50.0. The van der Waals surface area contributed by atoms with Crippen LogP contribution in [-0.2, 0) is 19.1 Å². The molecule has 5 nitrogen and oxygen atoms in total. The highest BCUT2D eigenvalue weighted by Crippen LogP contribution is 2.16. The van der Waals surface area contributed by atoms with Crippen molar-refractivity contribution in [3.05, 3.63) is 85.1 Å². The molecule has 0 radical (unpaired) electrons. The summed E-state index contributed by atoms with van der Waals surface area (Å²) < 4.78 is 10.7. The summed E-state index contributed by atoms with van der Waals surface area (Å²) in [5.41, 5.74) is 0. The van der Waals surface area contributed by atoms with E-state index in [0.717, 1.165) is 89.9 Å². The number of carbonyl (C=O) groups is 2. The second-order valence-corrected chi connectivity index (χ2v) is 17.2. The number of aliphatic hydroxyl groups is 1. The number of carbonyl (C=O) groups excluding carboxylic acids is 2. The van der Waals surface area contributed by atoms with E-state index in [9.17, 15) is 14.7 Å². The monoisotopic (exact) mass is 863 g/mol. The first-order valence-corrected chi connectivity index (χ1v) is 26.1. The van der Waals surface area contributed by atoms with Crippen molar-refractivity contribution in [2.24, 2.45) is 0 Å². The molecule has 0 saturated carbocycles. The molecular weight excluding hydrogens is 765 g/mol. The van der Waals surface area contributed by atoms with Crippen molar-refractivity contribution < 1.29 is 24.2 Å². The molecule has 1 unspecified atom stereocenters. The summed E-state index contributed by atoms with van der Waals surface area (Å²) in [7, 11) is 0. The van der Waals surface area contributed by atoms with E-state index in [1.807, 2.05) is 0 Å². The van der Waals surface area contributed by atoms with Gasteiger partial charge in [-0.2, -0.15) is 0 Å². The summed E-state index contributed by atoms with van der Waals surface area (Å²) >= 11 is 0. The lowest BCUT2D eigenvalue weighted by Gasteiger charge is -2.15. The van der Waals surface area contributed by atoms with Gasteiger partial charge in [-0.15, -0.1) is 0 Å². The van der Waals surface area contributed by atoms with Crippen LogP contribution in [0.2, 0.25) is 0 Å². The Labute approximate surface area is 384 Å². The van der Waals surface area contributed by atoms with Gasteiger partial charge >= 0.3 is 11.9 Å². The molecule has 0 rings (SSSR count). The molecule has 0 bridgehead atoms. The van der Waals surface area contributed by atoms with Gasteiger partial charge in [0.2, 0.25) is 0 Å². The van der Waals surface area contributed by atoms with Crippen LogP contribution in [0.4, 0.5) is 0 Å². The van der Waals surface area contributed by atoms with Crippen LogP contribution in [-0.4, -0.2) is 36.4 Å². The Morgan fingerprint density at radius 3 is 1.05 bits per heavy atom. The van der Waals surface area contributed by atoms with E-state index in [1.54, 1.807) is 0 Å². The van der Waals surface area contributed by atoms with Crippen LogP contribution in [0.25, 0.3) is 0 Å². The lowest BCUT2D eigenvalue weighted by molar-refractivity contribution is -0.161.